The zero-order chi connectivity index (χ0) is 14.5. The summed E-state index contributed by atoms with van der Waals surface area (Å²) in [6, 6.07) is 5.05. The SMILES string of the molecule is CCCC(C)(C)NCc1ccc(OC)c([N+](=O)[O-])c1. The molecule has 19 heavy (non-hydrogen) atoms. The van der Waals surface area contributed by atoms with Gasteiger partial charge in [-0.1, -0.05) is 19.4 Å². The molecule has 0 spiro atoms. The van der Waals surface area contributed by atoms with E-state index in [-0.39, 0.29) is 11.2 Å². The fraction of sp³-hybridized carbons (Fsp3) is 0.571. The lowest BCUT2D eigenvalue weighted by Gasteiger charge is -2.26. The Morgan fingerprint density at radius 2 is 2.11 bits per heavy atom. The van der Waals surface area contributed by atoms with Gasteiger partial charge < -0.3 is 10.1 Å². The summed E-state index contributed by atoms with van der Waals surface area (Å²) in [6.07, 6.45) is 2.16. The Kier molecular flexibility index (Phi) is 5.30. The molecule has 1 aromatic rings. The molecule has 0 aliphatic rings. The van der Waals surface area contributed by atoms with E-state index in [9.17, 15) is 10.1 Å². The molecule has 1 rings (SSSR count). The lowest BCUT2D eigenvalue weighted by molar-refractivity contribution is -0.385. The van der Waals surface area contributed by atoms with Crippen LogP contribution in [-0.2, 0) is 6.54 Å². The zero-order valence-corrected chi connectivity index (χ0v) is 12.0. The second-order valence-corrected chi connectivity index (χ2v) is 5.25. The first kappa shape index (κ1) is 15.4. The Morgan fingerprint density at radius 3 is 2.63 bits per heavy atom. The minimum absolute atomic E-state index is 0.00935. The smallest absolute Gasteiger partial charge is 0.311 e. The van der Waals surface area contributed by atoms with Gasteiger partial charge in [-0.3, -0.25) is 10.1 Å². The van der Waals surface area contributed by atoms with Crippen LogP contribution in [0.1, 0.15) is 39.2 Å². The molecule has 0 radical (unpaired) electrons. The van der Waals surface area contributed by atoms with E-state index in [2.05, 4.69) is 26.1 Å². The maximum atomic E-state index is 10.9. The fourth-order valence-corrected chi connectivity index (χ4v) is 2.04. The summed E-state index contributed by atoms with van der Waals surface area (Å²) >= 11 is 0. The number of rotatable bonds is 7. The average Bonchev–Trinajstić information content (AvgIpc) is 2.36. The molecule has 0 aromatic heterocycles. The highest BCUT2D eigenvalue weighted by atomic mass is 16.6. The molecule has 0 unspecified atom stereocenters. The Bertz CT molecular complexity index is 444. The van der Waals surface area contributed by atoms with Crippen molar-refractivity contribution in [3.8, 4) is 5.75 Å². The van der Waals surface area contributed by atoms with E-state index in [1.54, 1.807) is 12.1 Å². The summed E-state index contributed by atoms with van der Waals surface area (Å²) in [5.74, 6) is 0.293. The van der Waals surface area contributed by atoms with E-state index >= 15 is 0 Å². The zero-order valence-electron chi connectivity index (χ0n) is 12.0. The second kappa shape index (κ2) is 6.52. The molecule has 0 bridgehead atoms. The Hall–Kier alpha value is -1.62. The molecule has 0 fully saturated rings. The summed E-state index contributed by atoms with van der Waals surface area (Å²) < 4.78 is 4.98. The molecule has 106 valence electrons. The largest absolute Gasteiger partial charge is 0.490 e. The van der Waals surface area contributed by atoms with Crippen LogP contribution in [0, 0.1) is 10.1 Å². The van der Waals surface area contributed by atoms with Crippen molar-refractivity contribution < 1.29 is 9.66 Å². The van der Waals surface area contributed by atoms with Crippen molar-refractivity contribution >= 4 is 5.69 Å². The average molecular weight is 266 g/mol. The van der Waals surface area contributed by atoms with Crippen LogP contribution >= 0.6 is 0 Å². The highest BCUT2D eigenvalue weighted by Gasteiger charge is 2.18. The molecule has 0 heterocycles. The number of nitro groups is 1. The minimum atomic E-state index is -0.417. The number of ether oxygens (including phenoxy) is 1. The van der Waals surface area contributed by atoms with Gasteiger partial charge in [0.2, 0.25) is 0 Å². The number of hydrogen-bond acceptors (Lipinski definition) is 4. The molecule has 0 aliphatic heterocycles. The maximum absolute atomic E-state index is 10.9. The van der Waals surface area contributed by atoms with Crippen molar-refractivity contribution in [3.05, 3.63) is 33.9 Å². The van der Waals surface area contributed by atoms with Gasteiger partial charge in [0.15, 0.2) is 5.75 Å². The molecule has 0 amide bonds. The topological polar surface area (TPSA) is 64.4 Å². The van der Waals surface area contributed by atoms with Gasteiger partial charge in [0.25, 0.3) is 0 Å². The Balaban J connectivity index is 2.80. The number of benzene rings is 1. The first-order valence-electron chi connectivity index (χ1n) is 6.46. The van der Waals surface area contributed by atoms with Gasteiger partial charge in [0.1, 0.15) is 0 Å². The number of hydrogen-bond donors (Lipinski definition) is 1. The summed E-state index contributed by atoms with van der Waals surface area (Å²) in [4.78, 5) is 10.5. The van der Waals surface area contributed by atoms with Gasteiger partial charge in [-0.05, 0) is 31.9 Å². The van der Waals surface area contributed by atoms with E-state index in [0.29, 0.717) is 12.3 Å². The molecule has 1 N–H and O–H groups in total. The quantitative estimate of drug-likeness (QED) is 0.607. The highest BCUT2D eigenvalue weighted by Crippen LogP contribution is 2.27. The third kappa shape index (κ3) is 4.52. The van der Waals surface area contributed by atoms with Gasteiger partial charge in [0, 0.05) is 18.2 Å². The van der Waals surface area contributed by atoms with E-state index in [0.717, 1.165) is 18.4 Å². The van der Waals surface area contributed by atoms with Crippen molar-refractivity contribution in [2.24, 2.45) is 0 Å². The number of nitrogens with zero attached hydrogens (tertiary/aromatic N) is 1. The summed E-state index contributed by atoms with van der Waals surface area (Å²) in [5, 5.41) is 14.4. The third-order valence-corrected chi connectivity index (χ3v) is 3.09. The van der Waals surface area contributed by atoms with Crippen LogP contribution in [0.3, 0.4) is 0 Å². The van der Waals surface area contributed by atoms with E-state index in [1.807, 2.05) is 6.07 Å². The van der Waals surface area contributed by atoms with Gasteiger partial charge in [-0.2, -0.15) is 0 Å². The van der Waals surface area contributed by atoms with E-state index in [4.69, 9.17) is 4.74 Å². The lowest BCUT2D eigenvalue weighted by Crippen LogP contribution is -2.38. The minimum Gasteiger partial charge on any atom is -0.490 e. The van der Waals surface area contributed by atoms with Crippen LogP contribution in [0.25, 0.3) is 0 Å². The molecular formula is C14H22N2O3. The first-order valence-corrected chi connectivity index (χ1v) is 6.46. The fourth-order valence-electron chi connectivity index (χ4n) is 2.04. The molecule has 0 atom stereocenters. The summed E-state index contributed by atoms with van der Waals surface area (Å²) in [6.45, 7) is 7.02. The number of nitrogens with one attached hydrogen (secondary N) is 1. The van der Waals surface area contributed by atoms with E-state index < -0.39 is 4.92 Å². The van der Waals surface area contributed by atoms with Crippen LogP contribution < -0.4 is 10.1 Å². The molecule has 1 aromatic carbocycles. The molecule has 0 saturated heterocycles. The van der Waals surface area contributed by atoms with Crippen LogP contribution in [0.15, 0.2) is 18.2 Å². The molecule has 0 aliphatic carbocycles. The van der Waals surface area contributed by atoms with Gasteiger partial charge in [0.05, 0.1) is 12.0 Å². The lowest BCUT2D eigenvalue weighted by atomic mass is 9.98. The maximum Gasteiger partial charge on any atom is 0.311 e. The second-order valence-electron chi connectivity index (χ2n) is 5.25. The standard InChI is InChI=1S/C14H22N2O3/c1-5-8-14(2,3)15-10-11-6-7-13(19-4)12(9-11)16(17)18/h6-7,9,15H,5,8,10H2,1-4H3. The predicted molar refractivity (Wildman–Crippen MR) is 75.5 cm³/mol. The van der Waals surface area contributed by atoms with Crippen molar-refractivity contribution in [2.75, 3.05) is 7.11 Å². The van der Waals surface area contributed by atoms with Crippen molar-refractivity contribution in [3.63, 3.8) is 0 Å². The van der Waals surface area contributed by atoms with Crippen LogP contribution in [0.4, 0.5) is 5.69 Å². The van der Waals surface area contributed by atoms with E-state index in [1.165, 1.54) is 7.11 Å². The number of methoxy groups -OCH3 is 1. The van der Waals surface area contributed by atoms with Crippen molar-refractivity contribution in [1.82, 2.24) is 5.32 Å². The summed E-state index contributed by atoms with van der Waals surface area (Å²) in [7, 11) is 1.44. The molecular weight excluding hydrogens is 244 g/mol. The van der Waals surface area contributed by atoms with Crippen molar-refractivity contribution in [2.45, 2.75) is 45.7 Å². The predicted octanol–water partition coefficient (Wildman–Crippen LogP) is 3.27. The Morgan fingerprint density at radius 1 is 1.42 bits per heavy atom. The monoisotopic (exact) mass is 266 g/mol. The highest BCUT2D eigenvalue weighted by molar-refractivity contribution is 5.48. The van der Waals surface area contributed by atoms with Crippen LogP contribution in [-0.4, -0.2) is 17.6 Å². The molecule has 0 saturated carbocycles. The van der Waals surface area contributed by atoms with Gasteiger partial charge >= 0.3 is 5.69 Å². The van der Waals surface area contributed by atoms with Gasteiger partial charge in [-0.15, -0.1) is 0 Å². The normalized spacial score (nSPS) is 11.4. The molecule has 5 heteroatoms. The van der Waals surface area contributed by atoms with Crippen LogP contribution in [0.5, 0.6) is 5.75 Å². The first-order chi connectivity index (χ1) is 8.89. The number of nitro benzene ring substituents is 1. The van der Waals surface area contributed by atoms with Crippen molar-refractivity contribution in [1.29, 1.82) is 0 Å². The third-order valence-electron chi connectivity index (χ3n) is 3.09. The Labute approximate surface area is 114 Å². The van der Waals surface area contributed by atoms with Gasteiger partial charge in [-0.25, -0.2) is 0 Å². The van der Waals surface area contributed by atoms with Crippen LogP contribution in [0.2, 0.25) is 0 Å². The summed E-state index contributed by atoms with van der Waals surface area (Å²) in [5.41, 5.74) is 0.926. The molecule has 5 nitrogen and oxygen atoms in total.